The van der Waals surface area contributed by atoms with Crippen LogP contribution in [0, 0.1) is 13.8 Å². The topological polar surface area (TPSA) is 69.9 Å². The Morgan fingerprint density at radius 2 is 2.28 bits per heavy atom. The average Bonchev–Trinajstić information content (AvgIpc) is 2.61. The van der Waals surface area contributed by atoms with Gasteiger partial charge >= 0.3 is 0 Å². The van der Waals surface area contributed by atoms with Crippen molar-refractivity contribution in [2.24, 2.45) is 0 Å². The first-order chi connectivity index (χ1) is 8.60. The number of nitrogens with one attached hydrogen (secondary N) is 1. The van der Waals surface area contributed by atoms with Crippen LogP contribution in [-0.4, -0.2) is 21.7 Å². The summed E-state index contributed by atoms with van der Waals surface area (Å²) in [6.07, 6.45) is 0.672. The first-order valence-electron chi connectivity index (χ1n) is 5.74. The van der Waals surface area contributed by atoms with Gasteiger partial charge in [-0.2, -0.15) is 4.57 Å². The predicted octanol–water partition coefficient (Wildman–Crippen LogP) is 0.319. The minimum absolute atomic E-state index is 0.124. The van der Waals surface area contributed by atoms with E-state index in [0.717, 1.165) is 11.4 Å². The van der Waals surface area contributed by atoms with Gasteiger partial charge in [-0.15, -0.1) is 0 Å². The molecule has 0 aromatic carbocycles. The number of hydrogen-bond donors (Lipinski definition) is 2. The van der Waals surface area contributed by atoms with Crippen LogP contribution in [0.3, 0.4) is 0 Å². The van der Waals surface area contributed by atoms with E-state index in [0.29, 0.717) is 18.8 Å². The normalized spacial score (nSPS) is 10.8. The number of rotatable bonds is 4. The Kier molecular flexibility index (Phi) is 3.88. The molecule has 0 unspecified atom stereocenters. The number of hydrogen-bond acceptors (Lipinski definition) is 4. The van der Waals surface area contributed by atoms with Crippen molar-refractivity contribution in [2.75, 3.05) is 6.61 Å². The van der Waals surface area contributed by atoms with Crippen molar-refractivity contribution in [3.05, 3.63) is 44.0 Å². The monoisotopic (exact) mass is 266 g/mol. The third-order valence-electron chi connectivity index (χ3n) is 2.74. The van der Waals surface area contributed by atoms with Crippen LogP contribution in [0.15, 0.2) is 16.4 Å². The Labute approximate surface area is 109 Å². The van der Waals surface area contributed by atoms with Crippen molar-refractivity contribution in [1.82, 2.24) is 9.97 Å². The lowest BCUT2D eigenvalue weighted by Gasteiger charge is -1.98. The molecule has 0 fully saturated rings. The third-order valence-corrected chi connectivity index (χ3v) is 3.88. The molecule has 0 radical (unpaired) electrons. The lowest BCUT2D eigenvalue weighted by atomic mass is 10.3. The summed E-state index contributed by atoms with van der Waals surface area (Å²) in [6, 6.07) is 1.52. The molecule has 0 saturated carbocycles. The lowest BCUT2D eigenvalue weighted by molar-refractivity contribution is -0.690. The maximum atomic E-state index is 11.4. The number of nitrogens with zero attached hydrogens (tertiary/aromatic N) is 2. The molecule has 0 bridgehead atoms. The number of aromatic nitrogens is 3. The number of thiazole rings is 1. The van der Waals surface area contributed by atoms with Gasteiger partial charge in [-0.3, -0.25) is 4.79 Å². The van der Waals surface area contributed by atoms with E-state index in [-0.39, 0.29) is 12.2 Å². The van der Waals surface area contributed by atoms with Crippen LogP contribution in [0.1, 0.15) is 22.1 Å². The highest BCUT2D eigenvalue weighted by atomic mass is 32.1. The Bertz CT molecular complexity index is 604. The molecule has 2 aromatic rings. The highest BCUT2D eigenvalue weighted by Gasteiger charge is 2.16. The Morgan fingerprint density at radius 3 is 2.94 bits per heavy atom. The largest absolute Gasteiger partial charge is 0.396 e. The summed E-state index contributed by atoms with van der Waals surface area (Å²) in [7, 11) is 0. The zero-order valence-corrected chi connectivity index (χ0v) is 11.3. The molecule has 96 valence electrons. The van der Waals surface area contributed by atoms with Gasteiger partial charge in [-0.25, -0.2) is 4.98 Å². The number of aryl methyl sites for hydroxylation is 1. The standard InChI is InChI=1S/C12H15N3O2S/c1-8-11(3-4-16)18-7-15(8)6-10-5-12(17)14-9(2)13-10/h5,7,16H,3-4,6H2,1-2H3/p+1. The van der Waals surface area contributed by atoms with Gasteiger partial charge < -0.3 is 10.1 Å². The van der Waals surface area contributed by atoms with E-state index in [4.69, 9.17) is 5.11 Å². The molecular formula is C12H16N3O2S+. The van der Waals surface area contributed by atoms with Crippen molar-refractivity contribution in [3.63, 3.8) is 0 Å². The molecule has 0 spiro atoms. The second-order valence-corrected chi connectivity index (χ2v) is 5.09. The molecule has 0 aliphatic heterocycles. The van der Waals surface area contributed by atoms with E-state index in [2.05, 4.69) is 14.5 Å². The zero-order valence-electron chi connectivity index (χ0n) is 10.4. The second-order valence-electron chi connectivity index (χ2n) is 4.16. The number of aliphatic hydroxyl groups excluding tert-OH is 1. The van der Waals surface area contributed by atoms with Gasteiger partial charge in [0.25, 0.3) is 5.56 Å². The fourth-order valence-corrected chi connectivity index (χ4v) is 2.83. The van der Waals surface area contributed by atoms with Gasteiger partial charge in [-0.05, 0) is 6.92 Å². The van der Waals surface area contributed by atoms with Crippen LogP contribution >= 0.6 is 11.3 Å². The van der Waals surface area contributed by atoms with E-state index >= 15 is 0 Å². The van der Waals surface area contributed by atoms with Crippen LogP contribution in [0.2, 0.25) is 0 Å². The highest BCUT2D eigenvalue weighted by molar-refractivity contribution is 7.09. The highest BCUT2D eigenvalue weighted by Crippen LogP contribution is 2.11. The summed E-state index contributed by atoms with van der Waals surface area (Å²) in [6.45, 7) is 4.52. The van der Waals surface area contributed by atoms with Crippen LogP contribution < -0.4 is 10.1 Å². The molecule has 2 heterocycles. The Hall–Kier alpha value is -1.53. The molecule has 18 heavy (non-hydrogen) atoms. The molecule has 0 saturated heterocycles. The number of aromatic amines is 1. The quantitative estimate of drug-likeness (QED) is 0.783. The first-order valence-corrected chi connectivity index (χ1v) is 6.62. The molecule has 2 rings (SSSR count). The van der Waals surface area contributed by atoms with E-state index in [1.807, 2.05) is 12.4 Å². The van der Waals surface area contributed by atoms with Crippen molar-refractivity contribution in [2.45, 2.75) is 26.8 Å². The molecule has 0 aliphatic carbocycles. The van der Waals surface area contributed by atoms with Gasteiger partial charge in [-0.1, -0.05) is 11.3 Å². The van der Waals surface area contributed by atoms with Crippen molar-refractivity contribution >= 4 is 11.3 Å². The number of H-pyrrole nitrogens is 1. The SMILES string of the molecule is Cc1nc(C[n+]2csc(CCO)c2C)cc(=O)[nH]1. The van der Waals surface area contributed by atoms with E-state index < -0.39 is 0 Å². The first kappa shape index (κ1) is 12.9. The summed E-state index contributed by atoms with van der Waals surface area (Å²) in [5, 5.41) is 8.96. The summed E-state index contributed by atoms with van der Waals surface area (Å²) in [5.74, 6) is 0.626. The molecule has 0 amide bonds. The summed E-state index contributed by atoms with van der Waals surface area (Å²) in [5.41, 5.74) is 3.74. The fraction of sp³-hybridized carbons (Fsp3) is 0.417. The van der Waals surface area contributed by atoms with Gasteiger partial charge in [0, 0.05) is 26.0 Å². The lowest BCUT2D eigenvalue weighted by Crippen LogP contribution is -2.36. The van der Waals surface area contributed by atoms with Gasteiger partial charge in [0.05, 0.1) is 4.88 Å². The minimum atomic E-state index is -0.124. The minimum Gasteiger partial charge on any atom is -0.396 e. The van der Waals surface area contributed by atoms with Crippen molar-refractivity contribution in [1.29, 1.82) is 0 Å². The summed E-state index contributed by atoms with van der Waals surface area (Å²) < 4.78 is 2.05. The van der Waals surface area contributed by atoms with Crippen LogP contribution in [0.25, 0.3) is 0 Å². The average molecular weight is 266 g/mol. The molecule has 0 atom stereocenters. The second kappa shape index (κ2) is 5.41. The maximum Gasteiger partial charge on any atom is 0.251 e. The third kappa shape index (κ3) is 2.83. The van der Waals surface area contributed by atoms with Crippen molar-refractivity contribution in [3.8, 4) is 0 Å². The molecule has 5 nitrogen and oxygen atoms in total. The molecule has 0 aliphatic rings. The zero-order chi connectivity index (χ0) is 13.1. The molecule has 6 heteroatoms. The predicted molar refractivity (Wildman–Crippen MR) is 68.7 cm³/mol. The van der Waals surface area contributed by atoms with Crippen molar-refractivity contribution < 1.29 is 9.67 Å². The Balaban J connectivity index is 2.26. The van der Waals surface area contributed by atoms with Gasteiger partial charge in [0.2, 0.25) is 5.51 Å². The molecule has 2 N–H and O–H groups in total. The molecular weight excluding hydrogens is 250 g/mol. The van der Waals surface area contributed by atoms with Gasteiger partial charge in [0.1, 0.15) is 11.5 Å². The fourth-order valence-electron chi connectivity index (χ4n) is 1.85. The number of aliphatic hydroxyl groups is 1. The maximum absolute atomic E-state index is 11.4. The van der Waals surface area contributed by atoms with E-state index in [1.54, 1.807) is 18.3 Å². The Morgan fingerprint density at radius 1 is 1.50 bits per heavy atom. The molecule has 2 aromatic heterocycles. The van der Waals surface area contributed by atoms with Crippen LogP contribution in [-0.2, 0) is 13.0 Å². The van der Waals surface area contributed by atoms with E-state index in [9.17, 15) is 4.79 Å². The summed E-state index contributed by atoms with van der Waals surface area (Å²) >= 11 is 1.62. The van der Waals surface area contributed by atoms with E-state index in [1.165, 1.54) is 10.9 Å². The smallest absolute Gasteiger partial charge is 0.251 e. The van der Waals surface area contributed by atoms with Crippen LogP contribution in [0.4, 0.5) is 0 Å². The van der Waals surface area contributed by atoms with Crippen LogP contribution in [0.5, 0.6) is 0 Å². The van der Waals surface area contributed by atoms with Gasteiger partial charge in [0.15, 0.2) is 12.2 Å². The summed E-state index contributed by atoms with van der Waals surface area (Å²) in [4.78, 5) is 19.5.